The predicted molar refractivity (Wildman–Crippen MR) is 83.4 cm³/mol. The molecule has 21 heavy (non-hydrogen) atoms. The molecule has 2 aliphatic heterocycles. The van der Waals surface area contributed by atoms with Crippen molar-refractivity contribution in [2.75, 3.05) is 33.3 Å². The standard InChI is InChI=1S/C17H21N3O/c1-21-16-4-2-3-12-5-6-15(19-17(12)16)11-20-9-13-7-18-8-14(13)10-20/h2-6,13-14,18H,7-11H2,1H3/t13-,14+. The number of likely N-dealkylation sites (tertiary alicyclic amines) is 1. The number of aromatic nitrogens is 1. The molecule has 0 bridgehead atoms. The average molecular weight is 283 g/mol. The molecule has 3 heterocycles. The minimum absolute atomic E-state index is 0.833. The molecule has 4 nitrogen and oxygen atoms in total. The van der Waals surface area contributed by atoms with Crippen molar-refractivity contribution in [2.45, 2.75) is 6.54 Å². The van der Waals surface area contributed by atoms with Crippen molar-refractivity contribution in [3.05, 3.63) is 36.0 Å². The highest BCUT2D eigenvalue weighted by Gasteiger charge is 2.35. The number of hydrogen-bond acceptors (Lipinski definition) is 4. The lowest BCUT2D eigenvalue weighted by Gasteiger charge is -2.17. The van der Waals surface area contributed by atoms with Gasteiger partial charge in [-0.2, -0.15) is 0 Å². The Labute approximate surface area is 125 Å². The fourth-order valence-electron chi connectivity index (χ4n) is 3.72. The van der Waals surface area contributed by atoms with E-state index in [0.717, 1.165) is 40.7 Å². The highest BCUT2D eigenvalue weighted by atomic mass is 16.5. The zero-order valence-corrected chi connectivity index (χ0v) is 12.4. The molecule has 0 unspecified atom stereocenters. The van der Waals surface area contributed by atoms with Gasteiger partial charge in [-0.15, -0.1) is 0 Å². The Kier molecular flexibility index (Phi) is 3.28. The normalized spacial score (nSPS) is 25.4. The highest BCUT2D eigenvalue weighted by molar-refractivity contribution is 5.84. The molecule has 1 N–H and O–H groups in total. The Morgan fingerprint density at radius 3 is 2.76 bits per heavy atom. The molecule has 4 rings (SSSR count). The highest BCUT2D eigenvalue weighted by Crippen LogP contribution is 2.28. The third-order valence-corrected chi connectivity index (χ3v) is 4.81. The molecule has 1 aromatic carbocycles. The second kappa shape index (κ2) is 5.28. The Balaban J connectivity index is 1.57. The summed E-state index contributed by atoms with van der Waals surface area (Å²) in [5, 5.41) is 4.63. The first kappa shape index (κ1) is 13.0. The number of rotatable bonds is 3. The van der Waals surface area contributed by atoms with E-state index in [9.17, 15) is 0 Å². The van der Waals surface area contributed by atoms with Crippen molar-refractivity contribution in [2.24, 2.45) is 11.8 Å². The molecule has 4 heteroatoms. The number of para-hydroxylation sites is 1. The molecule has 2 aliphatic rings. The molecule has 2 fully saturated rings. The van der Waals surface area contributed by atoms with Gasteiger partial charge in [0.05, 0.1) is 12.8 Å². The molecule has 2 saturated heterocycles. The molecule has 110 valence electrons. The Bertz CT molecular complexity index is 646. The van der Waals surface area contributed by atoms with Crippen molar-refractivity contribution in [3.8, 4) is 5.75 Å². The minimum atomic E-state index is 0.833. The fourth-order valence-corrected chi connectivity index (χ4v) is 3.72. The number of ether oxygens (including phenoxy) is 1. The first-order valence-corrected chi connectivity index (χ1v) is 7.69. The van der Waals surface area contributed by atoms with Crippen LogP contribution in [0.4, 0.5) is 0 Å². The number of nitrogens with one attached hydrogen (secondary N) is 1. The van der Waals surface area contributed by atoms with Gasteiger partial charge in [-0.1, -0.05) is 18.2 Å². The first-order chi connectivity index (χ1) is 10.3. The molecule has 0 saturated carbocycles. The summed E-state index contributed by atoms with van der Waals surface area (Å²) in [5.74, 6) is 2.52. The largest absolute Gasteiger partial charge is 0.494 e. The van der Waals surface area contributed by atoms with Crippen LogP contribution < -0.4 is 10.1 Å². The van der Waals surface area contributed by atoms with E-state index in [1.54, 1.807) is 7.11 Å². The second-order valence-electron chi connectivity index (χ2n) is 6.21. The van der Waals surface area contributed by atoms with Crippen LogP contribution in [0, 0.1) is 11.8 Å². The maximum Gasteiger partial charge on any atom is 0.145 e. The maximum absolute atomic E-state index is 5.43. The van der Waals surface area contributed by atoms with E-state index in [2.05, 4.69) is 28.4 Å². The van der Waals surface area contributed by atoms with Crippen molar-refractivity contribution < 1.29 is 4.74 Å². The number of hydrogen-bond donors (Lipinski definition) is 1. The van der Waals surface area contributed by atoms with Crippen LogP contribution in [0.5, 0.6) is 5.75 Å². The van der Waals surface area contributed by atoms with Crippen LogP contribution in [-0.4, -0.2) is 43.2 Å². The molecule has 0 radical (unpaired) electrons. The summed E-state index contributed by atoms with van der Waals surface area (Å²) in [6.45, 7) is 5.70. The minimum Gasteiger partial charge on any atom is -0.494 e. The van der Waals surface area contributed by atoms with Gasteiger partial charge >= 0.3 is 0 Å². The topological polar surface area (TPSA) is 37.4 Å². The van der Waals surface area contributed by atoms with Gasteiger partial charge in [-0.25, -0.2) is 4.98 Å². The zero-order valence-electron chi connectivity index (χ0n) is 12.4. The van der Waals surface area contributed by atoms with Crippen LogP contribution in [0.25, 0.3) is 10.9 Å². The summed E-state index contributed by atoms with van der Waals surface area (Å²) in [5.41, 5.74) is 2.11. The van der Waals surface area contributed by atoms with Crippen LogP contribution in [0.3, 0.4) is 0 Å². The van der Waals surface area contributed by atoms with Crippen LogP contribution in [0.15, 0.2) is 30.3 Å². The SMILES string of the molecule is COc1cccc2ccc(CN3C[C@H]4CNC[C@H]4C3)nc12. The molecule has 2 aromatic rings. The van der Waals surface area contributed by atoms with Gasteiger partial charge in [-0.05, 0) is 37.1 Å². The van der Waals surface area contributed by atoms with E-state index >= 15 is 0 Å². The lowest BCUT2D eigenvalue weighted by atomic mass is 10.0. The molecule has 0 amide bonds. The lowest BCUT2D eigenvalue weighted by molar-refractivity contribution is 0.302. The quantitative estimate of drug-likeness (QED) is 0.933. The third-order valence-electron chi connectivity index (χ3n) is 4.81. The summed E-state index contributed by atoms with van der Waals surface area (Å²) in [6, 6.07) is 10.4. The van der Waals surface area contributed by atoms with E-state index < -0.39 is 0 Å². The van der Waals surface area contributed by atoms with E-state index in [-0.39, 0.29) is 0 Å². The number of nitrogens with zero attached hydrogens (tertiary/aromatic N) is 2. The molecule has 0 aliphatic carbocycles. The number of methoxy groups -OCH3 is 1. The van der Waals surface area contributed by atoms with Crippen molar-refractivity contribution >= 4 is 10.9 Å². The van der Waals surface area contributed by atoms with Crippen LogP contribution in [0.1, 0.15) is 5.69 Å². The van der Waals surface area contributed by atoms with Gasteiger partial charge in [0, 0.05) is 25.0 Å². The van der Waals surface area contributed by atoms with Crippen molar-refractivity contribution in [3.63, 3.8) is 0 Å². The van der Waals surface area contributed by atoms with Gasteiger partial charge in [0.1, 0.15) is 11.3 Å². The average Bonchev–Trinajstić information content (AvgIpc) is 3.07. The van der Waals surface area contributed by atoms with E-state index in [0.29, 0.717) is 0 Å². The molecule has 0 spiro atoms. The van der Waals surface area contributed by atoms with Crippen LogP contribution in [0.2, 0.25) is 0 Å². The predicted octanol–water partition coefficient (Wildman–Crippen LogP) is 1.89. The van der Waals surface area contributed by atoms with Crippen molar-refractivity contribution in [1.29, 1.82) is 0 Å². The van der Waals surface area contributed by atoms with Crippen molar-refractivity contribution in [1.82, 2.24) is 15.2 Å². The third kappa shape index (κ3) is 2.39. The van der Waals surface area contributed by atoms with Crippen LogP contribution in [-0.2, 0) is 6.54 Å². The number of benzene rings is 1. The summed E-state index contributed by atoms with van der Waals surface area (Å²) in [6.07, 6.45) is 0. The van der Waals surface area contributed by atoms with Gasteiger partial charge in [0.2, 0.25) is 0 Å². The van der Waals surface area contributed by atoms with E-state index in [4.69, 9.17) is 9.72 Å². The molecule has 1 aromatic heterocycles. The fraction of sp³-hybridized carbons (Fsp3) is 0.471. The summed E-state index contributed by atoms with van der Waals surface area (Å²) in [4.78, 5) is 7.36. The van der Waals surface area contributed by atoms with E-state index in [1.165, 1.54) is 26.2 Å². The molecular weight excluding hydrogens is 262 g/mol. The maximum atomic E-state index is 5.43. The lowest BCUT2D eigenvalue weighted by Crippen LogP contribution is -2.25. The first-order valence-electron chi connectivity index (χ1n) is 7.69. The smallest absolute Gasteiger partial charge is 0.145 e. The van der Waals surface area contributed by atoms with E-state index in [1.807, 2.05) is 12.1 Å². The summed E-state index contributed by atoms with van der Waals surface area (Å²) in [7, 11) is 1.71. The molecule has 2 atom stereocenters. The second-order valence-corrected chi connectivity index (χ2v) is 6.21. The Morgan fingerprint density at radius 1 is 1.19 bits per heavy atom. The summed E-state index contributed by atoms with van der Waals surface area (Å²) < 4.78 is 5.43. The number of fused-ring (bicyclic) bond motifs is 2. The molecular formula is C17H21N3O. The van der Waals surface area contributed by atoms with Gasteiger partial charge < -0.3 is 10.1 Å². The monoisotopic (exact) mass is 283 g/mol. The van der Waals surface area contributed by atoms with Crippen LogP contribution >= 0.6 is 0 Å². The van der Waals surface area contributed by atoms with Gasteiger partial charge in [0.25, 0.3) is 0 Å². The van der Waals surface area contributed by atoms with Gasteiger partial charge in [0.15, 0.2) is 0 Å². The van der Waals surface area contributed by atoms with Gasteiger partial charge in [-0.3, -0.25) is 4.90 Å². The number of pyridine rings is 1. The Morgan fingerprint density at radius 2 is 2.00 bits per heavy atom. The zero-order chi connectivity index (χ0) is 14.2. The summed E-state index contributed by atoms with van der Waals surface area (Å²) >= 11 is 0. The Hall–Kier alpha value is -1.65.